The molecule has 1 aliphatic heterocycles. The summed E-state index contributed by atoms with van der Waals surface area (Å²) in [7, 11) is 0. The summed E-state index contributed by atoms with van der Waals surface area (Å²) in [6, 6.07) is 14.4. The van der Waals surface area contributed by atoms with E-state index in [1.807, 2.05) is 18.2 Å². The Balaban J connectivity index is 1.54. The van der Waals surface area contributed by atoms with Crippen LogP contribution in [0.2, 0.25) is 0 Å². The third-order valence-electron chi connectivity index (χ3n) is 4.47. The number of hydrogen-bond acceptors (Lipinski definition) is 6. The van der Waals surface area contributed by atoms with Crippen molar-refractivity contribution >= 4 is 50.2 Å². The monoisotopic (exact) mass is 454 g/mol. The van der Waals surface area contributed by atoms with Crippen molar-refractivity contribution in [2.45, 2.75) is 0 Å². The zero-order valence-electron chi connectivity index (χ0n) is 14.6. The van der Waals surface area contributed by atoms with E-state index in [-0.39, 0.29) is 16.9 Å². The summed E-state index contributed by atoms with van der Waals surface area (Å²) in [5, 5.41) is 12.9. The number of ether oxygens (including phenoxy) is 1. The van der Waals surface area contributed by atoms with Crippen molar-refractivity contribution in [1.29, 1.82) is 0 Å². The van der Waals surface area contributed by atoms with Crippen molar-refractivity contribution in [3.63, 3.8) is 0 Å². The van der Waals surface area contributed by atoms with E-state index in [0.717, 1.165) is 21.3 Å². The van der Waals surface area contributed by atoms with Gasteiger partial charge in [0.05, 0.1) is 10.5 Å². The molecule has 8 nitrogen and oxygen atoms in total. The highest BCUT2D eigenvalue weighted by molar-refractivity contribution is 9.10. The van der Waals surface area contributed by atoms with E-state index in [1.165, 1.54) is 12.1 Å². The zero-order valence-corrected chi connectivity index (χ0v) is 16.2. The molecule has 2 amide bonds. The largest absolute Gasteiger partial charge is 0.425 e. The fourth-order valence-corrected chi connectivity index (χ4v) is 3.54. The Kier molecular flexibility index (Phi) is 4.59. The zero-order chi connectivity index (χ0) is 20.7. The first kappa shape index (κ1) is 18.8. The van der Waals surface area contributed by atoms with Gasteiger partial charge in [0.15, 0.2) is 0 Å². The van der Waals surface area contributed by atoms with Crippen molar-refractivity contribution < 1.29 is 24.0 Å². The van der Waals surface area contributed by atoms with E-state index in [2.05, 4.69) is 15.9 Å². The lowest BCUT2D eigenvalue weighted by Crippen LogP contribution is -2.36. The molecule has 0 spiro atoms. The summed E-state index contributed by atoms with van der Waals surface area (Å²) in [5.74, 6) is -2.24. The first-order valence-corrected chi connectivity index (χ1v) is 9.18. The third-order valence-corrected chi connectivity index (χ3v) is 4.96. The molecule has 0 N–H and O–H groups in total. The molecular weight excluding hydrogens is 444 g/mol. The van der Waals surface area contributed by atoms with Gasteiger partial charge in [-0.1, -0.05) is 34.1 Å². The average Bonchev–Trinajstić information content (AvgIpc) is 2.93. The van der Waals surface area contributed by atoms with Gasteiger partial charge in [-0.2, -0.15) is 0 Å². The molecule has 3 aromatic carbocycles. The molecule has 29 heavy (non-hydrogen) atoms. The van der Waals surface area contributed by atoms with Crippen LogP contribution in [-0.2, 0) is 4.79 Å². The SMILES string of the molecule is O=C(CN1C(=O)c2cccc([N+](=O)[O-])c2C1=O)Oc1ccc2cc(Br)ccc2c1. The van der Waals surface area contributed by atoms with Crippen LogP contribution in [0.1, 0.15) is 20.7 Å². The maximum Gasteiger partial charge on any atom is 0.331 e. The van der Waals surface area contributed by atoms with Gasteiger partial charge in [-0.05, 0) is 41.1 Å². The number of amides is 2. The molecule has 0 atom stereocenters. The quantitative estimate of drug-likeness (QED) is 0.195. The highest BCUT2D eigenvalue weighted by Gasteiger charge is 2.41. The van der Waals surface area contributed by atoms with Crippen LogP contribution < -0.4 is 4.74 Å². The second-order valence-electron chi connectivity index (χ2n) is 6.28. The van der Waals surface area contributed by atoms with E-state index in [9.17, 15) is 24.5 Å². The van der Waals surface area contributed by atoms with Crippen LogP contribution in [0.3, 0.4) is 0 Å². The topological polar surface area (TPSA) is 107 Å². The molecule has 0 radical (unpaired) electrons. The lowest BCUT2D eigenvalue weighted by molar-refractivity contribution is -0.385. The molecule has 3 aromatic rings. The number of nitrogens with zero attached hydrogens (tertiary/aromatic N) is 2. The number of carbonyl (C=O) groups is 3. The van der Waals surface area contributed by atoms with Crippen molar-refractivity contribution in [1.82, 2.24) is 4.90 Å². The van der Waals surface area contributed by atoms with Gasteiger partial charge in [-0.15, -0.1) is 0 Å². The summed E-state index contributed by atoms with van der Waals surface area (Å²) in [5.41, 5.74) is -0.891. The second kappa shape index (κ2) is 7.10. The maximum absolute atomic E-state index is 12.5. The number of imide groups is 1. The van der Waals surface area contributed by atoms with Crippen molar-refractivity contribution in [3.8, 4) is 5.75 Å². The fourth-order valence-electron chi connectivity index (χ4n) is 3.16. The van der Waals surface area contributed by atoms with Gasteiger partial charge in [0.1, 0.15) is 17.9 Å². The number of carbonyl (C=O) groups excluding carboxylic acids is 3. The Morgan fingerprint density at radius 3 is 2.52 bits per heavy atom. The first-order chi connectivity index (χ1) is 13.8. The number of halogens is 1. The minimum absolute atomic E-state index is 0.103. The van der Waals surface area contributed by atoms with Crippen molar-refractivity contribution in [2.75, 3.05) is 6.54 Å². The summed E-state index contributed by atoms with van der Waals surface area (Å²) < 4.78 is 6.17. The van der Waals surface area contributed by atoms with Crippen LogP contribution >= 0.6 is 15.9 Å². The Hall–Kier alpha value is -3.59. The van der Waals surface area contributed by atoms with Gasteiger partial charge in [0.25, 0.3) is 17.5 Å². The minimum atomic E-state index is -0.891. The van der Waals surface area contributed by atoms with Crippen LogP contribution in [0, 0.1) is 10.1 Å². The van der Waals surface area contributed by atoms with Gasteiger partial charge in [-0.3, -0.25) is 24.6 Å². The van der Waals surface area contributed by atoms with Gasteiger partial charge in [0, 0.05) is 10.5 Å². The first-order valence-electron chi connectivity index (χ1n) is 8.39. The Bertz CT molecular complexity index is 1220. The van der Waals surface area contributed by atoms with Crippen LogP contribution in [0.15, 0.2) is 59.1 Å². The number of nitro benzene ring substituents is 1. The molecule has 0 aromatic heterocycles. The molecule has 4 rings (SSSR count). The van der Waals surface area contributed by atoms with Crippen LogP contribution in [0.4, 0.5) is 5.69 Å². The molecule has 1 heterocycles. The molecule has 0 fully saturated rings. The summed E-state index contributed by atoms with van der Waals surface area (Å²) in [6.07, 6.45) is 0. The van der Waals surface area contributed by atoms with Crippen LogP contribution in [-0.4, -0.2) is 34.2 Å². The van der Waals surface area contributed by atoms with E-state index < -0.39 is 34.9 Å². The smallest absolute Gasteiger partial charge is 0.331 e. The van der Waals surface area contributed by atoms with E-state index in [0.29, 0.717) is 4.90 Å². The van der Waals surface area contributed by atoms with E-state index >= 15 is 0 Å². The van der Waals surface area contributed by atoms with Crippen LogP contribution in [0.5, 0.6) is 5.75 Å². The van der Waals surface area contributed by atoms with Crippen molar-refractivity contribution in [3.05, 3.63) is 80.3 Å². The highest BCUT2D eigenvalue weighted by atomic mass is 79.9. The lowest BCUT2D eigenvalue weighted by atomic mass is 10.1. The summed E-state index contributed by atoms with van der Waals surface area (Å²) >= 11 is 3.38. The predicted octanol–water partition coefficient (Wildman–Crippen LogP) is 3.71. The van der Waals surface area contributed by atoms with Crippen LogP contribution in [0.25, 0.3) is 10.8 Å². The molecule has 0 aliphatic carbocycles. The Morgan fingerprint density at radius 2 is 1.76 bits per heavy atom. The number of fused-ring (bicyclic) bond motifs is 2. The summed E-state index contributed by atoms with van der Waals surface area (Å²) in [4.78, 5) is 48.3. The predicted molar refractivity (Wildman–Crippen MR) is 106 cm³/mol. The minimum Gasteiger partial charge on any atom is -0.425 e. The second-order valence-corrected chi connectivity index (χ2v) is 7.20. The van der Waals surface area contributed by atoms with Gasteiger partial charge in [0.2, 0.25) is 0 Å². The number of esters is 1. The molecule has 0 saturated heterocycles. The fraction of sp³-hybridized carbons (Fsp3) is 0.0500. The lowest BCUT2D eigenvalue weighted by Gasteiger charge is -2.13. The molecule has 0 unspecified atom stereocenters. The molecule has 9 heteroatoms. The number of benzene rings is 3. The average molecular weight is 455 g/mol. The number of hydrogen-bond donors (Lipinski definition) is 0. The van der Waals surface area contributed by atoms with E-state index in [1.54, 1.807) is 18.2 Å². The number of rotatable bonds is 4. The highest BCUT2D eigenvalue weighted by Crippen LogP contribution is 2.31. The molecule has 144 valence electrons. The Morgan fingerprint density at radius 1 is 1.03 bits per heavy atom. The molecule has 1 aliphatic rings. The van der Waals surface area contributed by atoms with E-state index in [4.69, 9.17) is 4.74 Å². The third kappa shape index (κ3) is 3.36. The standard InChI is InChI=1S/C20H11BrN2O6/c21-13-6-4-12-9-14(7-5-11(12)8-13)29-17(24)10-22-19(25)15-2-1-3-16(23(27)28)18(15)20(22)26/h1-9H,10H2. The number of nitro groups is 1. The molecular formula is C20H11BrN2O6. The van der Waals surface area contributed by atoms with Gasteiger partial charge >= 0.3 is 5.97 Å². The normalized spacial score (nSPS) is 12.9. The molecule has 0 bridgehead atoms. The van der Waals surface area contributed by atoms with Gasteiger partial charge < -0.3 is 4.74 Å². The maximum atomic E-state index is 12.5. The summed E-state index contributed by atoms with van der Waals surface area (Å²) in [6.45, 7) is -0.651. The molecule has 0 saturated carbocycles. The Labute approximate surface area is 172 Å². The van der Waals surface area contributed by atoms with Crippen molar-refractivity contribution in [2.24, 2.45) is 0 Å². The van der Waals surface area contributed by atoms with Gasteiger partial charge in [-0.25, -0.2) is 4.79 Å².